The lowest BCUT2D eigenvalue weighted by Gasteiger charge is -2.12. The van der Waals surface area contributed by atoms with E-state index in [9.17, 15) is 24.3 Å². The van der Waals surface area contributed by atoms with E-state index in [-0.39, 0.29) is 23.2 Å². The molecule has 2 N–H and O–H groups in total. The van der Waals surface area contributed by atoms with Crippen LogP contribution in [0.4, 0.5) is 0 Å². The molecule has 0 bridgehead atoms. The van der Waals surface area contributed by atoms with Crippen LogP contribution < -0.4 is 10.1 Å². The van der Waals surface area contributed by atoms with Crippen LogP contribution in [0.5, 0.6) is 5.75 Å². The topological polar surface area (TPSA) is 115 Å². The van der Waals surface area contributed by atoms with Crippen molar-refractivity contribution in [3.8, 4) is 5.75 Å². The van der Waals surface area contributed by atoms with Gasteiger partial charge in [-0.15, -0.1) is 0 Å². The number of rotatable bonds is 8. The molecule has 1 amide bonds. The summed E-state index contributed by atoms with van der Waals surface area (Å²) < 4.78 is 6.87. The summed E-state index contributed by atoms with van der Waals surface area (Å²) in [5.74, 6) is -1.53. The van der Waals surface area contributed by atoms with Gasteiger partial charge in [-0.05, 0) is 55.0 Å². The fourth-order valence-electron chi connectivity index (χ4n) is 3.59. The zero-order chi connectivity index (χ0) is 25.0. The SMILES string of the molecule is COc1ccc2c(c1)c(CC(=O)SCC(NC(C)=O)C(=O)O)c(C)n2C(=O)c1ccc(Cl)cc1. The molecular weight excluding hydrogens is 480 g/mol. The van der Waals surface area contributed by atoms with Crippen molar-refractivity contribution >= 4 is 57.2 Å². The van der Waals surface area contributed by atoms with Crippen molar-refractivity contribution in [3.63, 3.8) is 0 Å². The van der Waals surface area contributed by atoms with E-state index in [4.69, 9.17) is 16.3 Å². The predicted molar refractivity (Wildman–Crippen MR) is 131 cm³/mol. The summed E-state index contributed by atoms with van der Waals surface area (Å²) in [6.07, 6.45) is -0.0343. The van der Waals surface area contributed by atoms with Gasteiger partial charge in [-0.3, -0.25) is 19.0 Å². The first-order valence-electron chi connectivity index (χ1n) is 10.3. The highest BCUT2D eigenvalue weighted by Crippen LogP contribution is 2.31. The van der Waals surface area contributed by atoms with Crippen molar-refractivity contribution in [2.45, 2.75) is 26.3 Å². The molecule has 0 saturated heterocycles. The Morgan fingerprint density at radius 2 is 1.82 bits per heavy atom. The minimum absolute atomic E-state index is 0.0343. The number of fused-ring (bicyclic) bond motifs is 1. The Bertz CT molecular complexity index is 1270. The van der Waals surface area contributed by atoms with Gasteiger partial charge in [0.25, 0.3) is 5.91 Å². The molecule has 0 aliphatic carbocycles. The van der Waals surface area contributed by atoms with Crippen LogP contribution in [0.15, 0.2) is 42.5 Å². The molecular formula is C24H23ClN2O6S. The van der Waals surface area contributed by atoms with Gasteiger partial charge in [0, 0.05) is 40.8 Å². The van der Waals surface area contributed by atoms with E-state index in [0.717, 1.165) is 11.8 Å². The first-order chi connectivity index (χ1) is 16.1. The molecule has 0 spiro atoms. The van der Waals surface area contributed by atoms with Crippen molar-refractivity contribution in [1.29, 1.82) is 0 Å². The number of hydrogen-bond acceptors (Lipinski definition) is 6. The molecule has 3 rings (SSSR count). The van der Waals surface area contributed by atoms with Crippen LogP contribution in [0.2, 0.25) is 5.02 Å². The highest BCUT2D eigenvalue weighted by atomic mass is 35.5. The molecule has 34 heavy (non-hydrogen) atoms. The van der Waals surface area contributed by atoms with Crippen molar-refractivity contribution in [2.24, 2.45) is 0 Å². The maximum Gasteiger partial charge on any atom is 0.327 e. The van der Waals surface area contributed by atoms with Gasteiger partial charge in [-0.2, -0.15) is 0 Å². The number of carboxylic acids is 1. The maximum absolute atomic E-state index is 13.3. The minimum Gasteiger partial charge on any atom is -0.497 e. The van der Waals surface area contributed by atoms with Crippen molar-refractivity contribution in [2.75, 3.05) is 12.9 Å². The molecule has 0 fully saturated rings. The van der Waals surface area contributed by atoms with E-state index in [1.165, 1.54) is 14.0 Å². The Labute approximate surface area is 205 Å². The van der Waals surface area contributed by atoms with E-state index in [1.54, 1.807) is 54.0 Å². The third-order valence-corrected chi connectivity index (χ3v) is 6.46. The molecule has 0 radical (unpaired) electrons. The van der Waals surface area contributed by atoms with Crippen LogP contribution in [0, 0.1) is 6.92 Å². The van der Waals surface area contributed by atoms with Crippen LogP contribution in [0.3, 0.4) is 0 Å². The van der Waals surface area contributed by atoms with Crippen LogP contribution in [0.1, 0.15) is 28.5 Å². The third kappa shape index (κ3) is 5.60. The van der Waals surface area contributed by atoms with Crippen LogP contribution in [0.25, 0.3) is 10.9 Å². The number of hydrogen-bond donors (Lipinski definition) is 2. The van der Waals surface area contributed by atoms with Crippen LogP contribution in [-0.2, 0) is 20.8 Å². The number of benzene rings is 2. The molecule has 0 aliphatic rings. The highest BCUT2D eigenvalue weighted by Gasteiger charge is 2.24. The summed E-state index contributed by atoms with van der Waals surface area (Å²) in [5.41, 5.74) is 2.29. The second kappa shape index (κ2) is 10.8. The molecule has 0 aliphatic heterocycles. The maximum atomic E-state index is 13.3. The number of aliphatic carboxylic acids is 1. The minimum atomic E-state index is -1.22. The van der Waals surface area contributed by atoms with E-state index in [2.05, 4.69) is 5.32 Å². The number of nitrogens with one attached hydrogen (secondary N) is 1. The van der Waals surface area contributed by atoms with Crippen LogP contribution >= 0.6 is 23.4 Å². The van der Waals surface area contributed by atoms with E-state index < -0.39 is 17.9 Å². The summed E-state index contributed by atoms with van der Waals surface area (Å²) >= 11 is 6.77. The van der Waals surface area contributed by atoms with Crippen molar-refractivity contribution in [1.82, 2.24) is 9.88 Å². The van der Waals surface area contributed by atoms with Gasteiger partial charge in [0.2, 0.25) is 5.91 Å². The number of ether oxygens (including phenoxy) is 1. The summed E-state index contributed by atoms with van der Waals surface area (Å²) in [6, 6.07) is 10.6. The van der Waals surface area contributed by atoms with Gasteiger partial charge in [0.15, 0.2) is 5.12 Å². The number of carbonyl (C=O) groups excluding carboxylic acids is 3. The summed E-state index contributed by atoms with van der Waals surface area (Å²) in [5, 5.41) is 12.5. The number of aromatic nitrogens is 1. The second-order valence-electron chi connectivity index (χ2n) is 7.55. The molecule has 10 heteroatoms. The number of amides is 1. The fourth-order valence-corrected chi connectivity index (χ4v) is 4.54. The standard InChI is InChI=1S/C24H23ClN2O6S/c1-13-18(11-22(29)34-12-20(24(31)32)26-14(2)28)19-10-17(33-3)8-9-21(19)27(13)23(30)15-4-6-16(25)7-5-15/h4-10,20H,11-12H2,1-3H3,(H,26,28)(H,31,32). The number of nitrogens with zero attached hydrogens (tertiary/aromatic N) is 1. The zero-order valence-electron chi connectivity index (χ0n) is 18.8. The van der Waals surface area contributed by atoms with Gasteiger partial charge >= 0.3 is 5.97 Å². The Hall–Kier alpha value is -3.30. The number of carbonyl (C=O) groups is 4. The van der Waals surface area contributed by atoms with Gasteiger partial charge in [0.1, 0.15) is 11.8 Å². The zero-order valence-corrected chi connectivity index (χ0v) is 20.3. The predicted octanol–water partition coefficient (Wildman–Crippen LogP) is 3.69. The number of carboxylic acid groups (broad SMARTS) is 1. The fraction of sp³-hybridized carbons (Fsp3) is 0.250. The summed E-state index contributed by atoms with van der Waals surface area (Å²) in [6.45, 7) is 2.97. The molecule has 1 aromatic heterocycles. The number of methoxy groups -OCH3 is 1. The van der Waals surface area contributed by atoms with Crippen molar-refractivity contribution < 1.29 is 29.0 Å². The van der Waals surface area contributed by atoms with E-state index in [0.29, 0.717) is 38.5 Å². The van der Waals surface area contributed by atoms with Crippen molar-refractivity contribution in [3.05, 3.63) is 64.3 Å². The lowest BCUT2D eigenvalue weighted by Crippen LogP contribution is -2.41. The lowest BCUT2D eigenvalue weighted by molar-refractivity contribution is -0.140. The van der Waals surface area contributed by atoms with E-state index >= 15 is 0 Å². The molecule has 3 aromatic rings. The first-order valence-corrected chi connectivity index (χ1v) is 11.6. The van der Waals surface area contributed by atoms with Crippen LogP contribution in [-0.4, -0.2) is 51.5 Å². The second-order valence-corrected chi connectivity index (χ2v) is 9.06. The average molecular weight is 503 g/mol. The first kappa shape index (κ1) is 25.3. The third-order valence-electron chi connectivity index (χ3n) is 5.24. The molecule has 2 aromatic carbocycles. The Morgan fingerprint density at radius 1 is 1.15 bits per heavy atom. The van der Waals surface area contributed by atoms with Gasteiger partial charge < -0.3 is 15.2 Å². The summed E-state index contributed by atoms with van der Waals surface area (Å²) in [4.78, 5) is 48.7. The van der Waals surface area contributed by atoms with E-state index in [1.807, 2.05) is 0 Å². The molecule has 178 valence electrons. The van der Waals surface area contributed by atoms with Gasteiger partial charge in [0.05, 0.1) is 12.6 Å². The average Bonchev–Trinajstić information content (AvgIpc) is 3.06. The molecule has 1 atom stereocenters. The van der Waals surface area contributed by atoms with Gasteiger partial charge in [-0.25, -0.2) is 4.79 Å². The van der Waals surface area contributed by atoms with Gasteiger partial charge in [-0.1, -0.05) is 23.4 Å². The Kier molecular flexibility index (Phi) is 8.01. The smallest absolute Gasteiger partial charge is 0.327 e. The number of halogens is 1. The Morgan fingerprint density at radius 3 is 2.41 bits per heavy atom. The lowest BCUT2D eigenvalue weighted by atomic mass is 10.1. The molecule has 8 nitrogen and oxygen atoms in total. The molecule has 0 saturated carbocycles. The highest BCUT2D eigenvalue weighted by molar-refractivity contribution is 8.13. The largest absolute Gasteiger partial charge is 0.497 e. The monoisotopic (exact) mass is 502 g/mol. The molecule has 1 heterocycles. The normalized spacial score (nSPS) is 11.8. The Balaban J connectivity index is 1.95. The summed E-state index contributed by atoms with van der Waals surface area (Å²) in [7, 11) is 1.53. The molecule has 1 unspecified atom stereocenters. The number of thioether (sulfide) groups is 1. The quantitative estimate of drug-likeness (QED) is 0.482.